The summed E-state index contributed by atoms with van der Waals surface area (Å²) in [6, 6.07) is 16.7. The quantitative estimate of drug-likeness (QED) is 0.564. The minimum atomic E-state index is -0.519. The van der Waals surface area contributed by atoms with E-state index in [0.29, 0.717) is 18.8 Å². The number of aromatic amines is 1. The molecule has 2 aromatic carbocycles. The zero-order valence-electron chi connectivity index (χ0n) is 15.5. The van der Waals surface area contributed by atoms with E-state index in [1.54, 1.807) is 18.2 Å². The normalized spacial score (nSPS) is 12.1. The maximum atomic E-state index is 11.3. The Labute approximate surface area is 158 Å². The van der Waals surface area contributed by atoms with Gasteiger partial charge in [0.15, 0.2) is 0 Å². The molecule has 1 unspecified atom stereocenters. The number of aryl methyl sites for hydroxylation is 1. The van der Waals surface area contributed by atoms with Gasteiger partial charge in [-0.05, 0) is 62.1 Å². The number of aromatic nitrogens is 1. The van der Waals surface area contributed by atoms with Crippen LogP contribution in [0.1, 0.15) is 24.8 Å². The molecular formula is C22H25NO4. The zero-order chi connectivity index (χ0) is 19.1. The van der Waals surface area contributed by atoms with Gasteiger partial charge in [-0.1, -0.05) is 18.2 Å². The maximum Gasteiger partial charge on any atom is 0.248 e. The molecule has 142 valence electrons. The number of nitrogens with one attached hydrogen (secondary N) is 1. The minimum absolute atomic E-state index is 0.127. The van der Waals surface area contributed by atoms with E-state index < -0.39 is 6.10 Å². The first-order valence-corrected chi connectivity index (χ1v) is 9.24. The van der Waals surface area contributed by atoms with Gasteiger partial charge in [0.2, 0.25) is 5.56 Å². The van der Waals surface area contributed by atoms with Gasteiger partial charge < -0.3 is 19.6 Å². The number of hydrogen-bond donors (Lipinski definition) is 2. The molecule has 0 spiro atoms. The molecule has 1 heterocycles. The molecule has 0 aliphatic carbocycles. The van der Waals surface area contributed by atoms with E-state index in [9.17, 15) is 9.90 Å². The van der Waals surface area contributed by atoms with Gasteiger partial charge in [-0.2, -0.15) is 0 Å². The number of fused-ring (bicyclic) bond motifs is 1. The Balaban J connectivity index is 1.37. The van der Waals surface area contributed by atoms with Crippen molar-refractivity contribution >= 4 is 10.9 Å². The van der Waals surface area contributed by atoms with Gasteiger partial charge in [-0.15, -0.1) is 0 Å². The van der Waals surface area contributed by atoms with Gasteiger partial charge >= 0.3 is 0 Å². The second-order valence-corrected chi connectivity index (χ2v) is 6.65. The summed E-state index contributed by atoms with van der Waals surface area (Å²) >= 11 is 0. The number of ether oxygens (including phenoxy) is 2. The summed E-state index contributed by atoms with van der Waals surface area (Å²) in [6.07, 6.45) is 1.90. The Morgan fingerprint density at radius 1 is 1.04 bits per heavy atom. The molecule has 0 saturated carbocycles. The van der Waals surface area contributed by atoms with Gasteiger partial charge in [0.05, 0.1) is 12.7 Å². The van der Waals surface area contributed by atoms with Crippen LogP contribution in [0, 0.1) is 6.92 Å². The van der Waals surface area contributed by atoms with Crippen molar-refractivity contribution in [1.29, 1.82) is 0 Å². The molecule has 0 saturated heterocycles. The first kappa shape index (κ1) is 19.0. The molecule has 5 nitrogen and oxygen atoms in total. The second-order valence-electron chi connectivity index (χ2n) is 6.65. The second kappa shape index (κ2) is 9.24. The smallest absolute Gasteiger partial charge is 0.248 e. The number of pyridine rings is 1. The fourth-order valence-corrected chi connectivity index (χ4v) is 2.88. The monoisotopic (exact) mass is 367 g/mol. The van der Waals surface area contributed by atoms with Crippen LogP contribution in [0.3, 0.4) is 0 Å². The van der Waals surface area contributed by atoms with Crippen LogP contribution in [-0.2, 0) is 0 Å². The largest absolute Gasteiger partial charge is 0.493 e. The van der Waals surface area contributed by atoms with Crippen molar-refractivity contribution in [2.24, 2.45) is 0 Å². The van der Waals surface area contributed by atoms with E-state index >= 15 is 0 Å². The molecule has 0 bridgehead atoms. The van der Waals surface area contributed by atoms with Crippen LogP contribution < -0.4 is 15.0 Å². The van der Waals surface area contributed by atoms with Gasteiger partial charge in [-0.3, -0.25) is 4.79 Å². The third kappa shape index (κ3) is 5.59. The predicted octanol–water partition coefficient (Wildman–Crippen LogP) is 3.83. The van der Waals surface area contributed by atoms with E-state index in [1.165, 1.54) is 6.07 Å². The molecule has 5 heteroatoms. The number of unbranched alkanes of at least 4 members (excludes halogenated alkanes) is 1. The van der Waals surface area contributed by atoms with Crippen molar-refractivity contribution in [2.45, 2.75) is 32.3 Å². The fourth-order valence-electron chi connectivity index (χ4n) is 2.88. The van der Waals surface area contributed by atoms with Crippen molar-refractivity contribution in [1.82, 2.24) is 4.98 Å². The Hall–Kier alpha value is -2.79. The number of rotatable bonds is 9. The molecule has 0 aliphatic rings. The number of aliphatic hydroxyl groups is 1. The Morgan fingerprint density at radius 2 is 1.89 bits per heavy atom. The highest BCUT2D eigenvalue weighted by atomic mass is 16.5. The zero-order valence-corrected chi connectivity index (χ0v) is 15.5. The number of H-pyrrole nitrogens is 1. The average molecular weight is 367 g/mol. The summed E-state index contributed by atoms with van der Waals surface area (Å²) in [5, 5.41) is 11.0. The van der Waals surface area contributed by atoms with Gasteiger partial charge in [-0.25, -0.2) is 0 Å². The topological polar surface area (TPSA) is 71.5 Å². The van der Waals surface area contributed by atoms with E-state index in [-0.39, 0.29) is 12.2 Å². The molecule has 27 heavy (non-hydrogen) atoms. The van der Waals surface area contributed by atoms with Crippen LogP contribution in [-0.4, -0.2) is 29.4 Å². The maximum absolute atomic E-state index is 11.3. The predicted molar refractivity (Wildman–Crippen MR) is 107 cm³/mol. The number of hydrogen-bond acceptors (Lipinski definition) is 4. The van der Waals surface area contributed by atoms with Crippen molar-refractivity contribution in [3.05, 3.63) is 70.5 Å². The molecule has 0 fully saturated rings. The summed E-state index contributed by atoms with van der Waals surface area (Å²) in [5.41, 5.74) is 1.77. The Kier molecular flexibility index (Phi) is 6.49. The van der Waals surface area contributed by atoms with E-state index in [1.807, 2.05) is 37.3 Å². The van der Waals surface area contributed by atoms with Crippen LogP contribution in [0.25, 0.3) is 10.9 Å². The fraction of sp³-hybridized carbons (Fsp3) is 0.318. The van der Waals surface area contributed by atoms with Crippen LogP contribution in [0.5, 0.6) is 11.5 Å². The first-order valence-electron chi connectivity index (χ1n) is 9.24. The van der Waals surface area contributed by atoms with E-state index in [4.69, 9.17) is 9.47 Å². The molecular weight excluding hydrogens is 342 g/mol. The summed E-state index contributed by atoms with van der Waals surface area (Å²) in [4.78, 5) is 14.1. The highest BCUT2D eigenvalue weighted by Gasteiger charge is 2.06. The molecule has 1 aromatic heterocycles. The SMILES string of the molecule is Cc1ccccc1OCCCCC(O)COc1ccc2[nH]c(=O)ccc2c1. The molecule has 0 aliphatic heterocycles. The number of para-hydroxylation sites is 1. The van der Waals surface area contributed by atoms with Gasteiger partial charge in [0, 0.05) is 17.0 Å². The molecule has 3 rings (SSSR count). The Bertz CT molecular complexity index is 935. The lowest BCUT2D eigenvalue weighted by Gasteiger charge is -2.13. The first-order chi connectivity index (χ1) is 13.1. The molecule has 0 amide bonds. The highest BCUT2D eigenvalue weighted by Crippen LogP contribution is 2.19. The van der Waals surface area contributed by atoms with Gasteiger partial charge in [0.25, 0.3) is 0 Å². The Morgan fingerprint density at radius 3 is 2.74 bits per heavy atom. The molecule has 0 radical (unpaired) electrons. The van der Waals surface area contributed by atoms with Crippen molar-refractivity contribution in [2.75, 3.05) is 13.2 Å². The average Bonchev–Trinajstić information content (AvgIpc) is 2.67. The standard InChI is InChI=1S/C22H25NO4/c1-16-6-2-3-8-21(16)26-13-5-4-7-18(24)15-27-19-10-11-20-17(14-19)9-12-22(25)23-20/h2-3,6,8-12,14,18,24H,4-5,7,13,15H2,1H3,(H,23,25). The molecule has 3 aromatic rings. The lowest BCUT2D eigenvalue weighted by molar-refractivity contribution is 0.0965. The highest BCUT2D eigenvalue weighted by molar-refractivity contribution is 5.79. The van der Waals surface area contributed by atoms with Crippen molar-refractivity contribution in [3.63, 3.8) is 0 Å². The van der Waals surface area contributed by atoms with Gasteiger partial charge in [0.1, 0.15) is 18.1 Å². The van der Waals surface area contributed by atoms with E-state index in [0.717, 1.165) is 35.1 Å². The van der Waals surface area contributed by atoms with E-state index in [2.05, 4.69) is 4.98 Å². The van der Waals surface area contributed by atoms with Crippen LogP contribution in [0.4, 0.5) is 0 Å². The third-order valence-corrected chi connectivity index (χ3v) is 4.42. The minimum Gasteiger partial charge on any atom is -0.493 e. The number of benzene rings is 2. The lowest BCUT2D eigenvalue weighted by atomic mass is 10.1. The lowest BCUT2D eigenvalue weighted by Crippen LogP contribution is -2.17. The molecule has 1 atom stereocenters. The van der Waals surface area contributed by atoms with Crippen LogP contribution in [0.2, 0.25) is 0 Å². The van der Waals surface area contributed by atoms with Crippen molar-refractivity contribution in [3.8, 4) is 11.5 Å². The third-order valence-electron chi connectivity index (χ3n) is 4.42. The molecule has 2 N–H and O–H groups in total. The summed E-state index contributed by atoms with van der Waals surface area (Å²) in [7, 11) is 0. The number of aliphatic hydroxyl groups excluding tert-OH is 1. The summed E-state index contributed by atoms with van der Waals surface area (Å²) in [6.45, 7) is 2.91. The summed E-state index contributed by atoms with van der Waals surface area (Å²) < 4.78 is 11.4. The summed E-state index contributed by atoms with van der Waals surface area (Å²) in [5.74, 6) is 1.59. The van der Waals surface area contributed by atoms with Crippen LogP contribution in [0.15, 0.2) is 59.4 Å². The van der Waals surface area contributed by atoms with Crippen molar-refractivity contribution < 1.29 is 14.6 Å². The van der Waals surface area contributed by atoms with Crippen LogP contribution >= 0.6 is 0 Å².